The second kappa shape index (κ2) is 6.19. The summed E-state index contributed by atoms with van der Waals surface area (Å²) >= 11 is 2.36. The zero-order valence-corrected chi connectivity index (χ0v) is 12.9. The summed E-state index contributed by atoms with van der Waals surface area (Å²) in [4.78, 5) is 0. The van der Waals surface area contributed by atoms with Crippen molar-refractivity contribution in [1.82, 2.24) is 5.32 Å². The highest BCUT2D eigenvalue weighted by Crippen LogP contribution is 2.25. The quantitative estimate of drug-likeness (QED) is 0.796. The van der Waals surface area contributed by atoms with Crippen molar-refractivity contribution in [1.29, 1.82) is 0 Å². The van der Waals surface area contributed by atoms with Crippen molar-refractivity contribution in [3.05, 3.63) is 33.4 Å². The molecule has 0 aliphatic heterocycles. The molecule has 1 aromatic rings. The second-order valence-corrected chi connectivity index (χ2v) is 6.65. The molecule has 0 aromatic heterocycles. The predicted molar refractivity (Wildman–Crippen MR) is 82.1 cm³/mol. The lowest BCUT2D eigenvalue weighted by Gasteiger charge is -2.30. The predicted octanol–water partition coefficient (Wildman–Crippen LogP) is 4.52. The molecule has 0 radical (unpaired) electrons. The molecule has 1 aromatic carbocycles. The van der Waals surface area contributed by atoms with E-state index in [1.807, 2.05) is 0 Å². The van der Waals surface area contributed by atoms with Gasteiger partial charge >= 0.3 is 0 Å². The summed E-state index contributed by atoms with van der Waals surface area (Å²) in [6, 6.07) is 10.1. The molecular weight excluding hydrogens is 321 g/mol. The van der Waals surface area contributed by atoms with Gasteiger partial charge in [-0.15, -0.1) is 0 Å². The molecule has 1 fully saturated rings. The van der Waals surface area contributed by atoms with Crippen molar-refractivity contribution in [2.24, 2.45) is 5.92 Å². The lowest BCUT2D eigenvalue weighted by molar-refractivity contribution is 0.285. The van der Waals surface area contributed by atoms with Gasteiger partial charge in [-0.25, -0.2) is 0 Å². The van der Waals surface area contributed by atoms with Gasteiger partial charge in [0.15, 0.2) is 0 Å². The van der Waals surface area contributed by atoms with Gasteiger partial charge in [0.25, 0.3) is 0 Å². The highest BCUT2D eigenvalue weighted by atomic mass is 127. The number of hydrogen-bond donors (Lipinski definition) is 1. The summed E-state index contributed by atoms with van der Waals surface area (Å²) < 4.78 is 1.31. The van der Waals surface area contributed by atoms with Crippen LogP contribution in [0.15, 0.2) is 24.3 Å². The van der Waals surface area contributed by atoms with E-state index in [1.165, 1.54) is 34.8 Å². The fourth-order valence-electron chi connectivity index (χ4n) is 2.79. The molecule has 94 valence electrons. The highest BCUT2D eigenvalue weighted by molar-refractivity contribution is 14.1. The van der Waals surface area contributed by atoms with Crippen molar-refractivity contribution >= 4 is 22.6 Å². The molecule has 1 saturated carbocycles. The van der Waals surface area contributed by atoms with Gasteiger partial charge in [-0.1, -0.05) is 31.9 Å². The first-order valence-corrected chi connectivity index (χ1v) is 7.74. The Morgan fingerprint density at radius 3 is 2.59 bits per heavy atom. The van der Waals surface area contributed by atoms with E-state index in [-0.39, 0.29) is 0 Å². The van der Waals surface area contributed by atoms with Crippen LogP contribution in [0, 0.1) is 9.49 Å². The molecule has 1 nitrogen and oxygen atoms in total. The van der Waals surface area contributed by atoms with Crippen LogP contribution in [0.2, 0.25) is 0 Å². The normalized spacial score (nSPS) is 26.8. The summed E-state index contributed by atoms with van der Waals surface area (Å²) in [6.45, 7) is 4.66. The van der Waals surface area contributed by atoms with E-state index >= 15 is 0 Å². The maximum atomic E-state index is 3.78. The first-order chi connectivity index (χ1) is 8.15. The molecule has 17 heavy (non-hydrogen) atoms. The third kappa shape index (κ3) is 3.95. The molecule has 2 heteroatoms. The maximum Gasteiger partial charge on any atom is 0.0294 e. The van der Waals surface area contributed by atoms with Crippen LogP contribution >= 0.6 is 22.6 Å². The van der Waals surface area contributed by atoms with Crippen LogP contribution in [0.5, 0.6) is 0 Å². The van der Waals surface area contributed by atoms with Gasteiger partial charge in [0.2, 0.25) is 0 Å². The van der Waals surface area contributed by atoms with Crippen LogP contribution in [-0.4, -0.2) is 6.04 Å². The first kappa shape index (κ1) is 13.3. The number of rotatable bonds is 3. The van der Waals surface area contributed by atoms with E-state index in [0.29, 0.717) is 12.1 Å². The van der Waals surface area contributed by atoms with Crippen molar-refractivity contribution in [3.63, 3.8) is 0 Å². The molecule has 0 bridgehead atoms. The van der Waals surface area contributed by atoms with Crippen LogP contribution in [0.25, 0.3) is 0 Å². The Balaban J connectivity index is 1.91. The van der Waals surface area contributed by atoms with Crippen LogP contribution in [0.4, 0.5) is 0 Å². The Morgan fingerprint density at radius 1 is 1.24 bits per heavy atom. The number of hydrogen-bond acceptors (Lipinski definition) is 1. The van der Waals surface area contributed by atoms with Crippen molar-refractivity contribution in [3.8, 4) is 0 Å². The zero-order valence-electron chi connectivity index (χ0n) is 10.7. The Labute approximate surface area is 119 Å². The van der Waals surface area contributed by atoms with Gasteiger partial charge < -0.3 is 5.32 Å². The average molecular weight is 343 g/mol. The monoisotopic (exact) mass is 343 g/mol. The Bertz CT molecular complexity index is 346. The van der Waals surface area contributed by atoms with E-state index in [9.17, 15) is 0 Å². The van der Waals surface area contributed by atoms with Crippen LogP contribution in [0.3, 0.4) is 0 Å². The van der Waals surface area contributed by atoms with Crippen LogP contribution in [0.1, 0.15) is 51.1 Å². The summed E-state index contributed by atoms with van der Waals surface area (Å²) in [5.41, 5.74) is 1.41. The third-order valence-electron chi connectivity index (χ3n) is 3.79. The van der Waals surface area contributed by atoms with E-state index in [1.54, 1.807) is 0 Å². The van der Waals surface area contributed by atoms with Crippen molar-refractivity contribution in [2.45, 2.75) is 51.6 Å². The molecule has 1 aliphatic carbocycles. The molecule has 3 unspecified atom stereocenters. The average Bonchev–Trinajstić information content (AvgIpc) is 2.29. The first-order valence-electron chi connectivity index (χ1n) is 6.66. The van der Waals surface area contributed by atoms with Gasteiger partial charge in [-0.3, -0.25) is 0 Å². The second-order valence-electron chi connectivity index (χ2n) is 5.41. The molecule has 0 amide bonds. The zero-order chi connectivity index (χ0) is 12.3. The minimum Gasteiger partial charge on any atom is -0.307 e. The Hall–Kier alpha value is -0.0900. The third-order valence-corrected chi connectivity index (χ3v) is 4.51. The van der Waals surface area contributed by atoms with Gasteiger partial charge in [0.1, 0.15) is 0 Å². The molecule has 0 saturated heterocycles. The Kier molecular flexibility index (Phi) is 4.86. The van der Waals surface area contributed by atoms with Gasteiger partial charge in [0, 0.05) is 15.7 Å². The van der Waals surface area contributed by atoms with Crippen molar-refractivity contribution in [2.75, 3.05) is 0 Å². The van der Waals surface area contributed by atoms with Gasteiger partial charge in [0.05, 0.1) is 0 Å². The van der Waals surface area contributed by atoms with Gasteiger partial charge in [-0.05, 0) is 66.0 Å². The maximum absolute atomic E-state index is 3.78. The SMILES string of the molecule is CC1CCCC(NC(C)c2ccc(I)cc2)C1. The molecule has 0 spiro atoms. The fourth-order valence-corrected chi connectivity index (χ4v) is 3.15. The van der Waals surface area contributed by atoms with E-state index in [2.05, 4.69) is 66.0 Å². The fraction of sp³-hybridized carbons (Fsp3) is 0.600. The summed E-state index contributed by atoms with van der Waals surface area (Å²) in [6.07, 6.45) is 5.49. The molecule has 3 atom stereocenters. The lowest BCUT2D eigenvalue weighted by Crippen LogP contribution is -2.35. The smallest absolute Gasteiger partial charge is 0.0294 e. The van der Waals surface area contributed by atoms with Gasteiger partial charge in [-0.2, -0.15) is 0 Å². The van der Waals surface area contributed by atoms with Crippen molar-refractivity contribution < 1.29 is 0 Å². The summed E-state index contributed by atoms with van der Waals surface area (Å²) in [5.74, 6) is 0.894. The molecule has 0 heterocycles. The number of benzene rings is 1. The molecule has 1 aliphatic rings. The summed E-state index contributed by atoms with van der Waals surface area (Å²) in [5, 5.41) is 3.78. The standard InChI is InChI=1S/C15H22IN/c1-11-4-3-5-15(10-11)17-12(2)13-6-8-14(16)9-7-13/h6-9,11-12,15,17H,3-5,10H2,1-2H3. The van der Waals surface area contributed by atoms with E-state index < -0.39 is 0 Å². The van der Waals surface area contributed by atoms with Crippen LogP contribution in [-0.2, 0) is 0 Å². The Morgan fingerprint density at radius 2 is 1.94 bits per heavy atom. The molecule has 1 N–H and O–H groups in total. The summed E-state index contributed by atoms with van der Waals surface area (Å²) in [7, 11) is 0. The van der Waals surface area contributed by atoms with Crippen LogP contribution < -0.4 is 5.32 Å². The molecular formula is C15H22IN. The highest BCUT2D eigenvalue weighted by Gasteiger charge is 2.20. The van der Waals surface area contributed by atoms with E-state index in [0.717, 1.165) is 5.92 Å². The van der Waals surface area contributed by atoms with E-state index in [4.69, 9.17) is 0 Å². The minimum atomic E-state index is 0.474. The lowest BCUT2D eigenvalue weighted by atomic mass is 9.86. The minimum absolute atomic E-state index is 0.474. The topological polar surface area (TPSA) is 12.0 Å². The molecule has 2 rings (SSSR count). The number of nitrogens with one attached hydrogen (secondary N) is 1. The number of halogens is 1. The largest absolute Gasteiger partial charge is 0.307 e.